The van der Waals surface area contributed by atoms with Crippen LogP contribution in [0.3, 0.4) is 0 Å². The fourth-order valence-electron chi connectivity index (χ4n) is 3.17. The van der Waals surface area contributed by atoms with Gasteiger partial charge in [-0.05, 0) is 6.42 Å². The van der Waals surface area contributed by atoms with Crippen LogP contribution in [0, 0.1) is 0 Å². The van der Waals surface area contributed by atoms with E-state index in [1.54, 1.807) is 0 Å². The molecular weight excluding hydrogens is 327 g/mol. The summed E-state index contributed by atoms with van der Waals surface area (Å²) in [7, 11) is 0. The summed E-state index contributed by atoms with van der Waals surface area (Å²) in [5.74, 6) is 0. The van der Waals surface area contributed by atoms with Gasteiger partial charge >= 0.3 is 0 Å². The molecule has 3 heteroatoms. The first-order chi connectivity index (χ1) is 13.3. The lowest BCUT2D eigenvalue weighted by Crippen LogP contribution is -2.38. The Bertz CT molecular complexity index is 656. The first kappa shape index (κ1) is 21.0. The van der Waals surface area contributed by atoms with E-state index in [9.17, 15) is 0 Å². The normalized spacial score (nSPS) is 10.1. The van der Waals surface area contributed by atoms with E-state index in [0.717, 1.165) is 6.54 Å². The number of aromatic nitrogens is 2. The number of nitrogens with zero attached hydrogens (tertiary/aromatic N) is 2. The summed E-state index contributed by atoms with van der Waals surface area (Å²) >= 11 is 0. The smallest absolute Gasteiger partial charge is 0.206 e. The van der Waals surface area contributed by atoms with Gasteiger partial charge in [-0.25, -0.2) is 4.98 Å². The predicted molar refractivity (Wildman–Crippen MR) is 119 cm³/mol. The molecule has 0 amide bonds. The first-order valence-electron chi connectivity index (χ1n) is 10.4. The molecule has 0 N–H and O–H groups in total. The van der Waals surface area contributed by atoms with Crippen LogP contribution in [-0.4, -0.2) is 16.3 Å². The second kappa shape index (κ2) is 13.0. The average Bonchev–Trinajstić information content (AvgIpc) is 3.25. The van der Waals surface area contributed by atoms with Crippen LogP contribution in [-0.2, 0) is 6.54 Å². The highest BCUT2D eigenvalue weighted by atomic mass is 15.0. The fourth-order valence-corrected chi connectivity index (χ4v) is 3.17. The van der Waals surface area contributed by atoms with E-state index in [-0.39, 0.29) is 0 Å². The minimum Gasteiger partial charge on any atom is -0.337 e. The predicted octanol–water partition coefficient (Wildman–Crippen LogP) is 5.17. The summed E-state index contributed by atoms with van der Waals surface area (Å²) in [4.78, 5) is 4.01. The van der Waals surface area contributed by atoms with Gasteiger partial charge in [0.1, 0.15) is 0 Å². The van der Waals surface area contributed by atoms with Crippen molar-refractivity contribution in [1.82, 2.24) is 9.55 Å². The Morgan fingerprint density at radius 2 is 1.33 bits per heavy atom. The molecule has 0 saturated carbocycles. The number of hydrogen-bond acceptors (Lipinski definition) is 1. The lowest BCUT2D eigenvalue weighted by Gasteiger charge is -2.08. The van der Waals surface area contributed by atoms with Gasteiger partial charge in [-0.15, -0.1) is 0 Å². The maximum Gasteiger partial charge on any atom is 0.206 e. The molecule has 2 nitrogen and oxygen atoms in total. The standard InChI is InChI=1S/C13H13B.C11H20N2/c1-14(12-8-4-2-5-9-12)13-10-6-3-7-11-13;1-2-3-4-5-6-7-9-13-10-8-12-11-13/h2-11H,1H3;8,10-11H,2-7,9H2,1H3. The second-order valence-electron chi connectivity index (χ2n) is 7.11. The van der Waals surface area contributed by atoms with Crippen molar-refractivity contribution < 1.29 is 0 Å². The van der Waals surface area contributed by atoms with Crippen molar-refractivity contribution in [3.8, 4) is 0 Å². The molecule has 0 unspecified atom stereocenters. The van der Waals surface area contributed by atoms with Crippen LogP contribution >= 0.6 is 0 Å². The van der Waals surface area contributed by atoms with E-state index < -0.39 is 0 Å². The van der Waals surface area contributed by atoms with Crippen LogP contribution < -0.4 is 10.9 Å². The molecule has 0 spiro atoms. The van der Waals surface area contributed by atoms with Gasteiger partial charge in [0.25, 0.3) is 0 Å². The number of aryl methyl sites for hydroxylation is 1. The van der Waals surface area contributed by atoms with Gasteiger partial charge in [0.2, 0.25) is 6.71 Å². The van der Waals surface area contributed by atoms with Crippen molar-refractivity contribution in [2.24, 2.45) is 0 Å². The lowest BCUT2D eigenvalue weighted by molar-refractivity contribution is 0.558. The highest BCUT2D eigenvalue weighted by Crippen LogP contribution is 2.05. The lowest BCUT2D eigenvalue weighted by atomic mass is 9.43. The van der Waals surface area contributed by atoms with Crippen molar-refractivity contribution in [2.45, 2.75) is 58.8 Å². The van der Waals surface area contributed by atoms with Gasteiger partial charge in [-0.2, -0.15) is 0 Å². The van der Waals surface area contributed by atoms with E-state index in [4.69, 9.17) is 0 Å². The topological polar surface area (TPSA) is 17.8 Å². The van der Waals surface area contributed by atoms with E-state index in [2.05, 4.69) is 84.0 Å². The molecule has 1 aromatic heterocycles. The second-order valence-corrected chi connectivity index (χ2v) is 7.11. The molecule has 0 radical (unpaired) electrons. The molecule has 2 aromatic carbocycles. The molecule has 0 fully saturated rings. The summed E-state index contributed by atoms with van der Waals surface area (Å²) in [5.41, 5.74) is 2.75. The molecule has 3 aromatic rings. The van der Waals surface area contributed by atoms with Crippen molar-refractivity contribution in [2.75, 3.05) is 0 Å². The van der Waals surface area contributed by atoms with E-state index in [1.807, 2.05) is 18.7 Å². The molecular formula is C24H33BN2. The van der Waals surface area contributed by atoms with Crippen LogP contribution in [0.25, 0.3) is 0 Å². The number of hydrogen-bond donors (Lipinski definition) is 0. The molecule has 1 heterocycles. The molecule has 0 atom stereocenters. The minimum atomic E-state index is 0.484. The molecule has 0 aliphatic heterocycles. The van der Waals surface area contributed by atoms with Crippen molar-refractivity contribution >= 4 is 17.6 Å². The van der Waals surface area contributed by atoms with E-state index in [0.29, 0.717) is 6.71 Å². The fraction of sp³-hybridized carbons (Fsp3) is 0.375. The van der Waals surface area contributed by atoms with Crippen LogP contribution in [0.1, 0.15) is 45.4 Å². The largest absolute Gasteiger partial charge is 0.337 e. The third kappa shape index (κ3) is 8.30. The molecule has 3 rings (SSSR count). The number of imidazole rings is 1. The van der Waals surface area contributed by atoms with Crippen molar-refractivity contribution in [3.05, 3.63) is 79.4 Å². The number of benzene rings is 2. The minimum absolute atomic E-state index is 0.484. The molecule has 142 valence electrons. The van der Waals surface area contributed by atoms with Gasteiger partial charge < -0.3 is 4.57 Å². The van der Waals surface area contributed by atoms with Crippen LogP contribution in [0.2, 0.25) is 6.82 Å². The van der Waals surface area contributed by atoms with Gasteiger partial charge in [0.15, 0.2) is 0 Å². The zero-order valence-electron chi connectivity index (χ0n) is 16.9. The third-order valence-electron chi connectivity index (χ3n) is 4.93. The quantitative estimate of drug-likeness (QED) is 0.380. The Balaban J connectivity index is 0.000000194. The molecule has 0 aliphatic carbocycles. The average molecular weight is 360 g/mol. The van der Waals surface area contributed by atoms with Crippen molar-refractivity contribution in [3.63, 3.8) is 0 Å². The number of unbranched alkanes of at least 4 members (excludes halogenated alkanes) is 5. The maximum absolute atomic E-state index is 4.01. The van der Waals surface area contributed by atoms with Gasteiger partial charge in [0, 0.05) is 18.9 Å². The highest BCUT2D eigenvalue weighted by molar-refractivity contribution is 6.84. The van der Waals surface area contributed by atoms with Crippen LogP contribution in [0.5, 0.6) is 0 Å². The van der Waals surface area contributed by atoms with E-state index in [1.165, 1.54) is 49.5 Å². The summed E-state index contributed by atoms with van der Waals surface area (Å²) in [5, 5.41) is 0. The summed E-state index contributed by atoms with van der Waals surface area (Å²) in [6.07, 6.45) is 13.9. The summed E-state index contributed by atoms with van der Waals surface area (Å²) in [6, 6.07) is 21.2. The molecule has 0 aliphatic rings. The monoisotopic (exact) mass is 360 g/mol. The van der Waals surface area contributed by atoms with E-state index >= 15 is 0 Å². The van der Waals surface area contributed by atoms with Gasteiger partial charge in [-0.1, -0.05) is 117 Å². The zero-order valence-corrected chi connectivity index (χ0v) is 16.9. The Morgan fingerprint density at radius 1 is 0.778 bits per heavy atom. The molecule has 27 heavy (non-hydrogen) atoms. The van der Waals surface area contributed by atoms with Crippen LogP contribution in [0.4, 0.5) is 0 Å². The zero-order chi connectivity index (χ0) is 19.2. The maximum atomic E-state index is 4.01. The Hall–Kier alpha value is -2.29. The van der Waals surface area contributed by atoms with Gasteiger partial charge in [0.05, 0.1) is 6.33 Å². The Kier molecular flexibility index (Phi) is 10.1. The van der Waals surface area contributed by atoms with Gasteiger partial charge in [-0.3, -0.25) is 0 Å². The Labute approximate surface area is 165 Å². The SMILES string of the molecule is CB(c1ccccc1)c1ccccc1.CCCCCCCCn1ccnc1. The molecule has 0 bridgehead atoms. The highest BCUT2D eigenvalue weighted by Gasteiger charge is 2.10. The first-order valence-corrected chi connectivity index (χ1v) is 10.4. The molecule has 0 saturated heterocycles. The summed E-state index contributed by atoms with van der Waals surface area (Å²) < 4.78 is 2.15. The third-order valence-corrected chi connectivity index (χ3v) is 4.93. The van der Waals surface area contributed by atoms with Crippen LogP contribution in [0.15, 0.2) is 79.4 Å². The van der Waals surface area contributed by atoms with Crippen molar-refractivity contribution in [1.29, 1.82) is 0 Å². The number of rotatable bonds is 9. The Morgan fingerprint density at radius 3 is 1.85 bits per heavy atom. The summed E-state index contributed by atoms with van der Waals surface area (Å²) in [6.45, 7) is 6.11.